The van der Waals surface area contributed by atoms with E-state index in [0.29, 0.717) is 6.42 Å². The summed E-state index contributed by atoms with van der Waals surface area (Å²) in [6, 6.07) is 0.897. The van der Waals surface area contributed by atoms with Crippen molar-refractivity contribution in [1.82, 2.24) is 14.9 Å². The van der Waals surface area contributed by atoms with E-state index in [4.69, 9.17) is 9.84 Å². The average Bonchev–Trinajstić information content (AvgIpc) is 2.71. The maximum absolute atomic E-state index is 11.7. The molecular formula is C8H15N3O4S. The molecule has 0 radical (unpaired) electrons. The van der Waals surface area contributed by atoms with Crippen LogP contribution >= 0.6 is 0 Å². The van der Waals surface area contributed by atoms with Gasteiger partial charge in [0, 0.05) is 19.8 Å². The second-order valence-corrected chi connectivity index (χ2v) is 4.89. The van der Waals surface area contributed by atoms with E-state index in [1.165, 1.54) is 19.4 Å². The predicted molar refractivity (Wildman–Crippen MR) is 56.3 cm³/mol. The lowest BCUT2D eigenvalue weighted by molar-refractivity contribution is 0.158. The Morgan fingerprint density at radius 1 is 1.69 bits per heavy atom. The van der Waals surface area contributed by atoms with Gasteiger partial charge >= 0.3 is 0 Å². The molecule has 0 aliphatic heterocycles. The molecule has 1 rings (SSSR count). The monoisotopic (exact) mass is 249 g/mol. The lowest BCUT2D eigenvalue weighted by atomic mass is 10.2. The van der Waals surface area contributed by atoms with E-state index >= 15 is 0 Å². The summed E-state index contributed by atoms with van der Waals surface area (Å²) in [6.45, 7) is 0.0907. The van der Waals surface area contributed by atoms with Gasteiger partial charge in [-0.2, -0.15) is 5.10 Å². The number of nitrogens with one attached hydrogen (secondary N) is 2. The van der Waals surface area contributed by atoms with Gasteiger partial charge in [0.2, 0.25) is 0 Å². The van der Waals surface area contributed by atoms with Crippen molar-refractivity contribution >= 4 is 10.0 Å². The molecule has 0 saturated carbocycles. The van der Waals surface area contributed by atoms with Crippen molar-refractivity contribution in [2.75, 3.05) is 20.3 Å². The van der Waals surface area contributed by atoms with Crippen LogP contribution in [0, 0.1) is 0 Å². The molecule has 0 bridgehead atoms. The number of hydrogen-bond donors (Lipinski definition) is 3. The minimum atomic E-state index is -3.62. The van der Waals surface area contributed by atoms with Crippen LogP contribution in [0.25, 0.3) is 0 Å². The first-order valence-electron chi connectivity index (χ1n) is 4.71. The van der Waals surface area contributed by atoms with Crippen LogP contribution in [-0.4, -0.2) is 50.1 Å². The van der Waals surface area contributed by atoms with Crippen LogP contribution in [0.4, 0.5) is 0 Å². The number of H-pyrrole nitrogens is 1. The first kappa shape index (κ1) is 13.1. The third kappa shape index (κ3) is 3.56. The molecule has 0 aliphatic rings. The zero-order valence-corrected chi connectivity index (χ0v) is 9.70. The number of methoxy groups -OCH3 is 1. The smallest absolute Gasteiger partial charge is 0.257 e. The van der Waals surface area contributed by atoms with E-state index in [2.05, 4.69) is 14.9 Å². The van der Waals surface area contributed by atoms with E-state index in [9.17, 15) is 8.42 Å². The zero-order chi connectivity index (χ0) is 12.0. The highest BCUT2D eigenvalue weighted by molar-refractivity contribution is 7.89. The predicted octanol–water partition coefficient (Wildman–Crippen LogP) is -0.915. The summed E-state index contributed by atoms with van der Waals surface area (Å²) in [6.07, 6.45) is 1.65. The van der Waals surface area contributed by atoms with E-state index < -0.39 is 16.1 Å². The normalized spacial score (nSPS) is 13.9. The van der Waals surface area contributed by atoms with Crippen molar-refractivity contribution in [1.29, 1.82) is 0 Å². The number of sulfonamides is 1. The summed E-state index contributed by atoms with van der Waals surface area (Å²) in [7, 11) is -2.15. The highest BCUT2D eigenvalue weighted by Crippen LogP contribution is 2.05. The molecule has 1 unspecified atom stereocenters. The standard InChI is InChI=1S/C8H15N3O4S/c1-15-6-7(3-5-12)11-16(13,14)8-2-4-9-10-8/h2,4,7,11-12H,3,5-6H2,1H3,(H,9,10). The Kier molecular flexibility index (Phi) is 4.87. The van der Waals surface area contributed by atoms with Crippen molar-refractivity contribution in [2.24, 2.45) is 0 Å². The number of aromatic nitrogens is 2. The lowest BCUT2D eigenvalue weighted by Crippen LogP contribution is -2.38. The summed E-state index contributed by atoms with van der Waals surface area (Å²) in [5.41, 5.74) is 0. The number of aromatic amines is 1. The summed E-state index contributed by atoms with van der Waals surface area (Å²) < 4.78 is 30.7. The van der Waals surface area contributed by atoms with E-state index in [-0.39, 0.29) is 18.2 Å². The minimum absolute atomic E-state index is 0.00783. The number of ether oxygens (including phenoxy) is 1. The van der Waals surface area contributed by atoms with Gasteiger partial charge in [-0.15, -0.1) is 0 Å². The van der Waals surface area contributed by atoms with E-state index in [1.807, 2.05) is 0 Å². The fourth-order valence-corrected chi connectivity index (χ4v) is 2.37. The summed E-state index contributed by atoms with van der Waals surface area (Å²) in [5.74, 6) is 0. The van der Waals surface area contributed by atoms with Gasteiger partial charge in [-0.05, 0) is 12.5 Å². The number of nitrogens with zero attached hydrogens (tertiary/aromatic N) is 1. The first-order valence-corrected chi connectivity index (χ1v) is 6.20. The molecular weight excluding hydrogens is 234 g/mol. The van der Waals surface area contributed by atoms with Gasteiger partial charge in [0.15, 0.2) is 5.03 Å². The fourth-order valence-electron chi connectivity index (χ4n) is 1.21. The largest absolute Gasteiger partial charge is 0.396 e. The second kappa shape index (κ2) is 5.94. The van der Waals surface area contributed by atoms with Crippen molar-refractivity contribution < 1.29 is 18.3 Å². The van der Waals surface area contributed by atoms with Gasteiger partial charge in [0.1, 0.15) is 0 Å². The van der Waals surface area contributed by atoms with Crippen molar-refractivity contribution in [2.45, 2.75) is 17.5 Å². The Morgan fingerprint density at radius 3 is 2.94 bits per heavy atom. The molecule has 7 nitrogen and oxygen atoms in total. The van der Waals surface area contributed by atoms with Gasteiger partial charge < -0.3 is 9.84 Å². The Hall–Kier alpha value is -0.960. The van der Waals surface area contributed by atoms with Gasteiger partial charge in [-0.3, -0.25) is 5.10 Å². The SMILES string of the molecule is COCC(CCO)NS(=O)(=O)c1ccn[nH]1. The van der Waals surface area contributed by atoms with Crippen LogP contribution in [0.2, 0.25) is 0 Å². The number of hydrogen-bond acceptors (Lipinski definition) is 5. The third-order valence-corrected chi connectivity index (χ3v) is 3.38. The average molecular weight is 249 g/mol. The van der Waals surface area contributed by atoms with Gasteiger partial charge in [0.05, 0.1) is 12.8 Å². The molecule has 8 heteroatoms. The van der Waals surface area contributed by atoms with Gasteiger partial charge in [-0.1, -0.05) is 0 Å². The number of rotatable bonds is 7. The zero-order valence-electron chi connectivity index (χ0n) is 8.88. The van der Waals surface area contributed by atoms with Crippen LogP contribution in [0.1, 0.15) is 6.42 Å². The third-order valence-electron chi connectivity index (χ3n) is 1.93. The maximum atomic E-state index is 11.7. The van der Waals surface area contributed by atoms with Gasteiger partial charge in [-0.25, -0.2) is 13.1 Å². The Morgan fingerprint density at radius 2 is 2.44 bits per heavy atom. The van der Waals surface area contributed by atoms with Crippen molar-refractivity contribution in [3.8, 4) is 0 Å². The van der Waals surface area contributed by atoms with Crippen LogP contribution in [0.5, 0.6) is 0 Å². The summed E-state index contributed by atoms with van der Waals surface area (Å²) in [4.78, 5) is 0. The molecule has 0 spiro atoms. The maximum Gasteiger partial charge on any atom is 0.257 e. The Balaban J connectivity index is 2.70. The molecule has 3 N–H and O–H groups in total. The molecule has 0 aromatic carbocycles. The molecule has 1 aromatic heterocycles. The summed E-state index contributed by atoms with van der Waals surface area (Å²) >= 11 is 0. The molecule has 0 fully saturated rings. The molecule has 92 valence electrons. The van der Waals surface area contributed by atoms with E-state index in [1.54, 1.807) is 0 Å². The van der Waals surface area contributed by atoms with E-state index in [0.717, 1.165) is 0 Å². The van der Waals surface area contributed by atoms with Crippen LogP contribution < -0.4 is 4.72 Å². The molecule has 0 aliphatic carbocycles. The lowest BCUT2D eigenvalue weighted by Gasteiger charge is -2.15. The first-order chi connectivity index (χ1) is 7.60. The summed E-state index contributed by atoms with van der Waals surface area (Å²) in [5, 5.41) is 14.7. The number of aliphatic hydroxyl groups excluding tert-OH is 1. The fraction of sp³-hybridized carbons (Fsp3) is 0.625. The molecule has 0 saturated heterocycles. The highest BCUT2D eigenvalue weighted by Gasteiger charge is 2.20. The van der Waals surface area contributed by atoms with Crippen LogP contribution in [-0.2, 0) is 14.8 Å². The molecule has 0 amide bonds. The topological polar surface area (TPSA) is 104 Å². The van der Waals surface area contributed by atoms with Crippen LogP contribution in [0.3, 0.4) is 0 Å². The minimum Gasteiger partial charge on any atom is -0.396 e. The number of aliphatic hydroxyl groups is 1. The highest BCUT2D eigenvalue weighted by atomic mass is 32.2. The second-order valence-electron chi connectivity index (χ2n) is 3.21. The molecule has 1 heterocycles. The quantitative estimate of drug-likeness (QED) is 0.580. The Bertz CT molecular complexity index is 383. The van der Waals surface area contributed by atoms with Gasteiger partial charge in [0.25, 0.3) is 10.0 Å². The van der Waals surface area contributed by atoms with Crippen molar-refractivity contribution in [3.05, 3.63) is 12.3 Å². The molecule has 1 aromatic rings. The molecule has 16 heavy (non-hydrogen) atoms. The Labute approximate surface area is 93.9 Å². The molecule has 1 atom stereocenters. The van der Waals surface area contributed by atoms with Crippen LogP contribution in [0.15, 0.2) is 17.3 Å². The van der Waals surface area contributed by atoms with Crippen molar-refractivity contribution in [3.63, 3.8) is 0 Å².